The van der Waals surface area contributed by atoms with Crippen LogP contribution in [0.3, 0.4) is 0 Å². The van der Waals surface area contributed by atoms with Gasteiger partial charge < -0.3 is 10.4 Å². The fraction of sp³-hybridized carbons (Fsp3) is 0.700. The van der Waals surface area contributed by atoms with Gasteiger partial charge in [-0.05, 0) is 13.0 Å². The Balaban J connectivity index is 2.08. The first-order chi connectivity index (χ1) is 7.81. The fourth-order valence-electron chi connectivity index (χ4n) is 1.95. The second-order valence-corrected chi connectivity index (χ2v) is 5.53. The molecule has 1 aliphatic rings. The Morgan fingerprint density at radius 3 is 3.12 bits per heavy atom. The lowest BCUT2D eigenvalue weighted by atomic mass is 10.2. The number of halogens is 1. The number of nitrogens with zero attached hydrogens (tertiary/aromatic N) is 2. The smallest absolute Gasteiger partial charge is 0.114 e. The number of nitrogens with one attached hydrogen (secondary N) is 1. The Bertz CT molecular complexity index is 326. The first kappa shape index (κ1) is 12.3. The SMILES string of the molecule is OCC(c1ncc(Cl)s1)N1CCCNCC1. The van der Waals surface area contributed by atoms with Crippen molar-refractivity contribution in [3.63, 3.8) is 0 Å². The van der Waals surface area contributed by atoms with E-state index in [2.05, 4.69) is 15.2 Å². The van der Waals surface area contributed by atoms with Crippen molar-refractivity contribution in [2.75, 3.05) is 32.8 Å². The molecule has 4 nitrogen and oxygen atoms in total. The Morgan fingerprint density at radius 1 is 1.56 bits per heavy atom. The number of thiazole rings is 1. The zero-order valence-electron chi connectivity index (χ0n) is 9.03. The standard InChI is InChI=1S/C10H16ClN3OS/c11-9-6-13-10(16-9)8(7-15)14-4-1-2-12-3-5-14/h6,8,12,15H,1-5,7H2. The van der Waals surface area contributed by atoms with Gasteiger partial charge in [0.25, 0.3) is 0 Å². The number of aliphatic hydroxyl groups is 1. The van der Waals surface area contributed by atoms with Gasteiger partial charge in [0.1, 0.15) is 9.34 Å². The van der Waals surface area contributed by atoms with E-state index in [9.17, 15) is 5.11 Å². The van der Waals surface area contributed by atoms with Gasteiger partial charge in [-0.25, -0.2) is 4.98 Å². The molecule has 0 amide bonds. The Hall–Kier alpha value is -0.200. The van der Waals surface area contributed by atoms with E-state index < -0.39 is 0 Å². The maximum absolute atomic E-state index is 9.49. The van der Waals surface area contributed by atoms with E-state index in [0.717, 1.165) is 37.6 Å². The van der Waals surface area contributed by atoms with Crippen LogP contribution in [0.4, 0.5) is 0 Å². The summed E-state index contributed by atoms with van der Waals surface area (Å²) in [5.41, 5.74) is 0. The van der Waals surface area contributed by atoms with Crippen LogP contribution in [0, 0.1) is 0 Å². The van der Waals surface area contributed by atoms with E-state index in [1.807, 2.05) is 0 Å². The molecule has 2 heterocycles. The number of aromatic nitrogens is 1. The lowest BCUT2D eigenvalue weighted by Gasteiger charge is -2.27. The lowest BCUT2D eigenvalue weighted by Crippen LogP contribution is -2.34. The summed E-state index contributed by atoms with van der Waals surface area (Å²) in [5.74, 6) is 0. The van der Waals surface area contributed by atoms with Crippen LogP contribution in [0.5, 0.6) is 0 Å². The molecule has 0 saturated carbocycles. The summed E-state index contributed by atoms with van der Waals surface area (Å²) in [6.45, 7) is 4.06. The average molecular weight is 262 g/mol. The third-order valence-electron chi connectivity index (χ3n) is 2.77. The molecule has 1 aromatic rings. The summed E-state index contributed by atoms with van der Waals surface area (Å²) in [6, 6.07) is -0.00241. The summed E-state index contributed by atoms with van der Waals surface area (Å²) < 4.78 is 0.682. The van der Waals surface area contributed by atoms with E-state index in [1.54, 1.807) is 6.20 Å². The van der Waals surface area contributed by atoms with Crippen molar-refractivity contribution in [1.82, 2.24) is 15.2 Å². The summed E-state index contributed by atoms with van der Waals surface area (Å²) in [4.78, 5) is 6.53. The molecule has 1 fully saturated rings. The molecule has 0 aromatic carbocycles. The predicted molar refractivity (Wildman–Crippen MR) is 66.0 cm³/mol. The van der Waals surface area contributed by atoms with Gasteiger partial charge in [0.15, 0.2) is 0 Å². The van der Waals surface area contributed by atoms with E-state index >= 15 is 0 Å². The van der Waals surface area contributed by atoms with Gasteiger partial charge in [0.05, 0.1) is 18.8 Å². The van der Waals surface area contributed by atoms with Gasteiger partial charge in [-0.1, -0.05) is 11.6 Å². The van der Waals surface area contributed by atoms with Crippen LogP contribution in [0.15, 0.2) is 6.20 Å². The van der Waals surface area contributed by atoms with E-state index in [-0.39, 0.29) is 12.6 Å². The Morgan fingerprint density at radius 2 is 2.44 bits per heavy atom. The number of aliphatic hydroxyl groups excluding tert-OH is 1. The maximum atomic E-state index is 9.49. The molecule has 0 radical (unpaired) electrons. The van der Waals surface area contributed by atoms with Gasteiger partial charge in [0.2, 0.25) is 0 Å². The van der Waals surface area contributed by atoms with Gasteiger partial charge in [-0.15, -0.1) is 11.3 Å². The highest BCUT2D eigenvalue weighted by Crippen LogP contribution is 2.27. The van der Waals surface area contributed by atoms with Crippen LogP contribution in [0.2, 0.25) is 4.34 Å². The van der Waals surface area contributed by atoms with E-state index in [0.29, 0.717) is 4.34 Å². The molecular formula is C10H16ClN3OS. The first-order valence-electron chi connectivity index (χ1n) is 5.48. The monoisotopic (exact) mass is 261 g/mol. The van der Waals surface area contributed by atoms with Crippen LogP contribution in [0.1, 0.15) is 17.5 Å². The van der Waals surface area contributed by atoms with Crippen molar-refractivity contribution < 1.29 is 5.11 Å². The van der Waals surface area contributed by atoms with Crippen molar-refractivity contribution >= 4 is 22.9 Å². The van der Waals surface area contributed by atoms with Crippen LogP contribution in [0.25, 0.3) is 0 Å². The van der Waals surface area contributed by atoms with Crippen molar-refractivity contribution in [1.29, 1.82) is 0 Å². The Kier molecular flexibility index (Phi) is 4.55. The maximum Gasteiger partial charge on any atom is 0.114 e. The summed E-state index contributed by atoms with van der Waals surface area (Å²) in [7, 11) is 0. The van der Waals surface area contributed by atoms with Gasteiger partial charge >= 0.3 is 0 Å². The second-order valence-electron chi connectivity index (χ2n) is 3.84. The molecular weight excluding hydrogens is 246 g/mol. The zero-order valence-corrected chi connectivity index (χ0v) is 10.6. The van der Waals surface area contributed by atoms with Crippen LogP contribution >= 0.6 is 22.9 Å². The highest BCUT2D eigenvalue weighted by atomic mass is 35.5. The van der Waals surface area contributed by atoms with Crippen LogP contribution < -0.4 is 5.32 Å². The zero-order chi connectivity index (χ0) is 11.4. The number of hydrogen-bond donors (Lipinski definition) is 2. The topological polar surface area (TPSA) is 48.4 Å². The van der Waals surface area contributed by atoms with Crippen LogP contribution in [-0.2, 0) is 0 Å². The third kappa shape index (κ3) is 2.93. The first-order valence-corrected chi connectivity index (χ1v) is 6.67. The summed E-state index contributed by atoms with van der Waals surface area (Å²) in [6.07, 6.45) is 2.76. The molecule has 1 atom stereocenters. The molecule has 90 valence electrons. The molecule has 1 aromatic heterocycles. The Labute approximate surface area is 104 Å². The highest BCUT2D eigenvalue weighted by molar-refractivity contribution is 7.15. The number of rotatable bonds is 3. The molecule has 6 heteroatoms. The molecule has 1 aliphatic heterocycles. The molecule has 2 N–H and O–H groups in total. The average Bonchev–Trinajstić information content (AvgIpc) is 2.55. The normalized spacial score (nSPS) is 20.6. The van der Waals surface area contributed by atoms with Crippen molar-refractivity contribution in [2.45, 2.75) is 12.5 Å². The molecule has 0 spiro atoms. The molecule has 2 rings (SSSR count). The van der Waals surface area contributed by atoms with Crippen LogP contribution in [-0.4, -0.2) is 47.8 Å². The van der Waals surface area contributed by atoms with Gasteiger partial charge in [-0.2, -0.15) is 0 Å². The second kappa shape index (κ2) is 5.93. The minimum absolute atomic E-state index is 0.00241. The van der Waals surface area contributed by atoms with E-state index in [4.69, 9.17) is 11.6 Å². The minimum Gasteiger partial charge on any atom is -0.394 e. The fourth-order valence-corrected chi connectivity index (χ4v) is 3.01. The molecule has 1 saturated heterocycles. The summed E-state index contributed by atoms with van der Waals surface area (Å²) >= 11 is 7.33. The van der Waals surface area contributed by atoms with Gasteiger partial charge in [0, 0.05) is 19.6 Å². The molecule has 0 aliphatic carbocycles. The molecule has 1 unspecified atom stereocenters. The lowest BCUT2D eigenvalue weighted by molar-refractivity contribution is 0.129. The highest BCUT2D eigenvalue weighted by Gasteiger charge is 2.23. The molecule has 16 heavy (non-hydrogen) atoms. The minimum atomic E-state index is -0.00241. The van der Waals surface area contributed by atoms with E-state index in [1.165, 1.54) is 11.3 Å². The quantitative estimate of drug-likeness (QED) is 0.856. The van der Waals surface area contributed by atoms with Crippen molar-refractivity contribution in [3.8, 4) is 0 Å². The molecule has 0 bridgehead atoms. The predicted octanol–water partition coefficient (Wildman–Crippen LogP) is 1.13. The summed E-state index contributed by atoms with van der Waals surface area (Å²) in [5, 5.41) is 13.8. The van der Waals surface area contributed by atoms with Gasteiger partial charge in [-0.3, -0.25) is 4.90 Å². The largest absolute Gasteiger partial charge is 0.394 e. The van der Waals surface area contributed by atoms with Crippen molar-refractivity contribution in [2.24, 2.45) is 0 Å². The number of hydrogen-bond acceptors (Lipinski definition) is 5. The third-order valence-corrected chi connectivity index (χ3v) is 3.98. The van der Waals surface area contributed by atoms with Crippen molar-refractivity contribution in [3.05, 3.63) is 15.5 Å².